The number of aromatic nitrogens is 2. The van der Waals surface area contributed by atoms with Crippen LogP contribution < -0.4 is 21.4 Å². The minimum atomic E-state index is -1.48. The molecule has 3 aromatic carbocycles. The quantitative estimate of drug-likeness (QED) is 0.0505. The largest absolute Gasteiger partial charge is 0.508 e. The number of pyridine rings is 1. The number of para-hydroxylation sites is 1. The van der Waals surface area contributed by atoms with Gasteiger partial charge >= 0.3 is 5.66 Å². The minimum absolute atomic E-state index is 0.0621. The van der Waals surface area contributed by atoms with Crippen LogP contribution in [0.1, 0.15) is 25.3 Å². The van der Waals surface area contributed by atoms with Crippen LogP contribution in [0.3, 0.4) is 0 Å². The Balaban J connectivity index is 0.826. The first kappa shape index (κ1) is 31.9. The average Bonchev–Trinajstić information content (AvgIpc) is 3.56. The lowest BCUT2D eigenvalue weighted by Crippen LogP contribution is -2.55. The molecule has 1 aliphatic carbocycles. The van der Waals surface area contributed by atoms with Crippen molar-refractivity contribution in [1.82, 2.24) is 24.5 Å². The maximum absolute atomic E-state index is 13.6. The summed E-state index contributed by atoms with van der Waals surface area (Å²) >= 11 is 0. The van der Waals surface area contributed by atoms with Crippen molar-refractivity contribution in [2.24, 2.45) is 0 Å². The van der Waals surface area contributed by atoms with Crippen LogP contribution in [0, 0.1) is 10.1 Å². The van der Waals surface area contributed by atoms with E-state index in [9.17, 15) is 20.0 Å². The van der Waals surface area contributed by atoms with Gasteiger partial charge in [-0.25, -0.2) is 10.3 Å². The molecular formula is C38H40N8O4. The van der Waals surface area contributed by atoms with Gasteiger partial charge in [-0.15, -0.1) is 0 Å². The van der Waals surface area contributed by atoms with Crippen molar-refractivity contribution in [3.63, 3.8) is 0 Å². The number of nitrogens with one attached hydrogen (secondary N) is 3. The minimum Gasteiger partial charge on any atom is -0.508 e. The number of rotatable bonds is 11. The molecule has 12 nitrogen and oxygen atoms in total. The van der Waals surface area contributed by atoms with Crippen LogP contribution in [0.15, 0.2) is 94.7 Å². The van der Waals surface area contributed by atoms with Crippen molar-refractivity contribution in [1.29, 1.82) is 0 Å². The summed E-state index contributed by atoms with van der Waals surface area (Å²) in [6, 6.07) is 16.6. The highest BCUT2D eigenvalue weighted by molar-refractivity contribution is 6.07. The Kier molecular flexibility index (Phi) is 8.22. The lowest BCUT2D eigenvalue weighted by molar-refractivity contribution is -0.550. The van der Waals surface area contributed by atoms with Crippen LogP contribution in [0.4, 0.5) is 11.4 Å². The molecule has 4 N–H and O–H groups in total. The highest BCUT2D eigenvalue weighted by Crippen LogP contribution is 2.40. The SMILES string of the molecule is CC1=C2Nc3ccccc3C=C2C(NCCCN2CCN(CCCNc3ccc4ncn5c6ccc(O)cc6c(=O)c3c45)CC2)([N+](=O)[O-])C=C1. The van der Waals surface area contributed by atoms with E-state index in [-0.39, 0.29) is 16.1 Å². The van der Waals surface area contributed by atoms with Crippen molar-refractivity contribution >= 4 is 44.8 Å². The lowest BCUT2D eigenvalue weighted by Gasteiger charge is -2.36. The standard InChI is InChI=1S/C38H40N8O4/c1-25-12-13-38(46(49)50,29-22-26-6-2-3-7-30(26)42-35(25)29)41-15-5-17-44-20-18-43(19-21-44)16-4-14-39-31-9-10-32-36-34(31)37(48)28-23-27(47)8-11-33(28)45(36)24-40-32/h2-3,6-13,22-24,39,41-42,47H,4-5,14-21H2,1H3. The summed E-state index contributed by atoms with van der Waals surface area (Å²) in [6.07, 6.45) is 8.92. The van der Waals surface area contributed by atoms with Gasteiger partial charge in [-0.1, -0.05) is 24.3 Å². The van der Waals surface area contributed by atoms with E-state index in [1.807, 2.05) is 59.9 Å². The molecule has 2 aromatic heterocycles. The maximum atomic E-state index is 13.6. The van der Waals surface area contributed by atoms with Gasteiger partial charge in [-0.05, 0) is 86.5 Å². The van der Waals surface area contributed by atoms with E-state index in [0.717, 1.165) is 103 Å². The summed E-state index contributed by atoms with van der Waals surface area (Å²) in [6.45, 7) is 8.88. The Morgan fingerprint density at radius 1 is 1.02 bits per heavy atom. The average molecular weight is 673 g/mol. The van der Waals surface area contributed by atoms with Crippen LogP contribution in [0.2, 0.25) is 0 Å². The molecule has 1 atom stereocenters. The molecule has 256 valence electrons. The first-order valence-corrected chi connectivity index (χ1v) is 17.3. The molecule has 0 radical (unpaired) electrons. The van der Waals surface area contributed by atoms with Crippen LogP contribution in [-0.4, -0.2) is 87.2 Å². The predicted octanol–water partition coefficient (Wildman–Crippen LogP) is 4.87. The monoisotopic (exact) mass is 672 g/mol. The van der Waals surface area contributed by atoms with Crippen molar-refractivity contribution in [2.75, 3.05) is 63.0 Å². The zero-order chi connectivity index (χ0) is 34.4. The molecule has 1 unspecified atom stereocenters. The van der Waals surface area contributed by atoms with Gasteiger partial charge < -0.3 is 25.5 Å². The highest BCUT2D eigenvalue weighted by atomic mass is 16.6. The first-order chi connectivity index (χ1) is 24.3. The topological polar surface area (TPSA) is 140 Å². The number of allylic oxidation sites excluding steroid dienone is 2. The maximum Gasteiger partial charge on any atom is 0.322 e. The molecule has 5 aromatic rings. The second-order valence-corrected chi connectivity index (χ2v) is 13.4. The normalized spacial score (nSPS) is 19.5. The molecular weight excluding hydrogens is 632 g/mol. The molecule has 0 saturated carbocycles. The number of benzene rings is 3. The number of aromatic hydroxyl groups is 1. The van der Waals surface area contributed by atoms with Gasteiger partial charge in [0.25, 0.3) is 0 Å². The number of nitro groups is 1. The van der Waals surface area contributed by atoms with Gasteiger partial charge in [0.1, 0.15) is 12.1 Å². The molecule has 3 aliphatic rings. The lowest BCUT2D eigenvalue weighted by atomic mass is 9.84. The van der Waals surface area contributed by atoms with Crippen LogP contribution >= 0.6 is 0 Å². The number of phenolic OH excluding ortho intramolecular Hbond substituents is 1. The molecule has 0 bridgehead atoms. The Labute approximate surface area is 288 Å². The molecule has 1 fully saturated rings. The molecule has 0 amide bonds. The van der Waals surface area contributed by atoms with Gasteiger partial charge in [0.2, 0.25) is 0 Å². The second-order valence-electron chi connectivity index (χ2n) is 13.4. The van der Waals surface area contributed by atoms with Gasteiger partial charge in [0.05, 0.1) is 43.5 Å². The predicted molar refractivity (Wildman–Crippen MR) is 198 cm³/mol. The van der Waals surface area contributed by atoms with Crippen molar-refractivity contribution in [3.8, 4) is 5.75 Å². The number of piperazine rings is 1. The number of anilines is 2. The van der Waals surface area contributed by atoms with Gasteiger partial charge in [-0.2, -0.15) is 0 Å². The zero-order valence-electron chi connectivity index (χ0n) is 28.0. The van der Waals surface area contributed by atoms with Crippen LogP contribution in [-0.2, 0) is 0 Å². The van der Waals surface area contributed by atoms with Crippen molar-refractivity contribution < 1.29 is 10.0 Å². The third-order valence-electron chi connectivity index (χ3n) is 10.4. The fourth-order valence-corrected chi connectivity index (χ4v) is 7.63. The number of phenols is 1. The molecule has 4 heterocycles. The summed E-state index contributed by atoms with van der Waals surface area (Å²) in [5.41, 5.74) is 5.78. The highest BCUT2D eigenvalue weighted by Gasteiger charge is 2.48. The summed E-state index contributed by atoms with van der Waals surface area (Å²) in [5.74, 6) is 0.0621. The third-order valence-corrected chi connectivity index (χ3v) is 10.4. The summed E-state index contributed by atoms with van der Waals surface area (Å²) in [5, 5.41) is 33.9. The fourth-order valence-electron chi connectivity index (χ4n) is 7.63. The summed E-state index contributed by atoms with van der Waals surface area (Å²) in [7, 11) is 0. The second kappa shape index (κ2) is 12.9. The van der Waals surface area contributed by atoms with Crippen LogP contribution in [0.5, 0.6) is 5.75 Å². The number of fused-ring (bicyclic) bond motifs is 4. The van der Waals surface area contributed by atoms with Gasteiger partial charge in [0.15, 0.2) is 5.43 Å². The fraction of sp³-hybridized carbons (Fsp3) is 0.316. The zero-order valence-corrected chi connectivity index (χ0v) is 28.0. The van der Waals surface area contributed by atoms with Crippen molar-refractivity contribution in [3.05, 3.63) is 116 Å². The summed E-state index contributed by atoms with van der Waals surface area (Å²) in [4.78, 5) is 35.3. The van der Waals surface area contributed by atoms with E-state index in [0.29, 0.717) is 22.9 Å². The molecule has 2 aliphatic heterocycles. The van der Waals surface area contributed by atoms with Crippen molar-refractivity contribution in [2.45, 2.75) is 25.4 Å². The molecule has 50 heavy (non-hydrogen) atoms. The van der Waals surface area contributed by atoms with Gasteiger partial charge in [-0.3, -0.25) is 19.3 Å². The Hall–Kier alpha value is -5.30. The van der Waals surface area contributed by atoms with E-state index in [1.165, 1.54) is 6.07 Å². The molecule has 8 rings (SSSR count). The smallest absolute Gasteiger partial charge is 0.322 e. The summed E-state index contributed by atoms with van der Waals surface area (Å²) < 4.78 is 1.92. The number of hydrogen-bond acceptors (Lipinski definition) is 10. The first-order valence-electron chi connectivity index (χ1n) is 17.3. The number of imidazole rings is 1. The Morgan fingerprint density at radius 3 is 2.56 bits per heavy atom. The molecule has 12 heteroatoms. The molecule has 1 saturated heterocycles. The van der Waals surface area contributed by atoms with E-state index in [2.05, 4.69) is 30.7 Å². The van der Waals surface area contributed by atoms with E-state index in [1.54, 1.807) is 24.5 Å². The van der Waals surface area contributed by atoms with E-state index < -0.39 is 5.66 Å². The number of hydrogen-bond donors (Lipinski definition) is 4. The van der Waals surface area contributed by atoms with Gasteiger partial charge in [0, 0.05) is 56.7 Å². The molecule has 0 spiro atoms. The third kappa shape index (κ3) is 5.55. The van der Waals surface area contributed by atoms with E-state index >= 15 is 0 Å². The Morgan fingerprint density at radius 2 is 1.78 bits per heavy atom. The Bertz CT molecular complexity index is 2270. The van der Waals surface area contributed by atoms with Crippen LogP contribution in [0.25, 0.3) is 33.4 Å². The van der Waals surface area contributed by atoms with E-state index in [4.69, 9.17) is 0 Å². The number of nitrogens with zero attached hydrogens (tertiary/aromatic N) is 5.